The smallest absolute Gasteiger partial charge is 0.313 e. The molecule has 2 amide bonds. The van der Waals surface area contributed by atoms with Gasteiger partial charge in [0, 0.05) is 12.7 Å². The van der Waals surface area contributed by atoms with Gasteiger partial charge in [0.1, 0.15) is 0 Å². The van der Waals surface area contributed by atoms with Crippen molar-refractivity contribution in [2.24, 2.45) is 0 Å². The van der Waals surface area contributed by atoms with Crippen molar-refractivity contribution in [3.05, 3.63) is 83.0 Å². The number of rotatable bonds is 3. The van der Waals surface area contributed by atoms with E-state index in [1.807, 2.05) is 60.7 Å². The molecule has 21 heavy (non-hydrogen) atoms. The molecule has 0 aliphatic carbocycles. The Balaban J connectivity index is 1.95. The standard InChI is InChI=1S/C17H15ClN2O/c18-15-11-19-17(21)20(12-13-7-3-1-4-8-13)16(15)14-9-5-2-6-10-14/h1-11,16H,12H2,(H,19,21). The molecule has 0 saturated carbocycles. The first-order chi connectivity index (χ1) is 10.3. The van der Waals surface area contributed by atoms with Gasteiger partial charge in [-0.15, -0.1) is 0 Å². The highest BCUT2D eigenvalue weighted by atomic mass is 35.5. The van der Waals surface area contributed by atoms with E-state index in [1.165, 1.54) is 0 Å². The third-order valence-corrected chi connectivity index (χ3v) is 3.79. The van der Waals surface area contributed by atoms with Crippen molar-refractivity contribution in [1.82, 2.24) is 10.2 Å². The lowest BCUT2D eigenvalue weighted by molar-refractivity contribution is 0.180. The molecule has 0 fully saturated rings. The maximum atomic E-state index is 12.2. The summed E-state index contributed by atoms with van der Waals surface area (Å²) in [6.07, 6.45) is 1.57. The van der Waals surface area contributed by atoms with Gasteiger partial charge >= 0.3 is 6.03 Å². The zero-order chi connectivity index (χ0) is 14.7. The first-order valence-corrected chi connectivity index (χ1v) is 7.15. The van der Waals surface area contributed by atoms with Gasteiger partial charge < -0.3 is 10.2 Å². The minimum atomic E-state index is -0.248. The molecule has 1 heterocycles. The molecule has 0 spiro atoms. The van der Waals surface area contributed by atoms with Gasteiger partial charge in [0.05, 0.1) is 11.1 Å². The van der Waals surface area contributed by atoms with Crippen LogP contribution in [-0.4, -0.2) is 10.9 Å². The molecule has 2 aromatic rings. The summed E-state index contributed by atoms with van der Waals surface area (Å²) >= 11 is 6.35. The zero-order valence-electron chi connectivity index (χ0n) is 11.4. The molecule has 0 radical (unpaired) electrons. The van der Waals surface area contributed by atoms with Gasteiger partial charge in [-0.05, 0) is 11.1 Å². The Labute approximate surface area is 128 Å². The van der Waals surface area contributed by atoms with E-state index in [2.05, 4.69) is 5.32 Å². The second kappa shape index (κ2) is 6.02. The molecule has 3 nitrogen and oxygen atoms in total. The van der Waals surface area contributed by atoms with Gasteiger partial charge in [-0.1, -0.05) is 72.3 Å². The highest BCUT2D eigenvalue weighted by Gasteiger charge is 2.30. The summed E-state index contributed by atoms with van der Waals surface area (Å²) in [6, 6.07) is 19.3. The third-order valence-electron chi connectivity index (χ3n) is 3.48. The van der Waals surface area contributed by atoms with E-state index in [4.69, 9.17) is 11.6 Å². The van der Waals surface area contributed by atoms with Crippen molar-refractivity contribution >= 4 is 17.6 Å². The summed E-state index contributed by atoms with van der Waals surface area (Å²) in [4.78, 5) is 14.0. The number of nitrogens with one attached hydrogen (secondary N) is 1. The van der Waals surface area contributed by atoms with Crippen LogP contribution in [-0.2, 0) is 6.54 Å². The van der Waals surface area contributed by atoms with E-state index in [1.54, 1.807) is 11.1 Å². The Morgan fingerprint density at radius 3 is 2.29 bits per heavy atom. The molecule has 1 aliphatic rings. The van der Waals surface area contributed by atoms with Crippen LogP contribution in [0.3, 0.4) is 0 Å². The largest absolute Gasteiger partial charge is 0.322 e. The van der Waals surface area contributed by atoms with Crippen LogP contribution in [0, 0.1) is 0 Å². The van der Waals surface area contributed by atoms with Crippen molar-refractivity contribution in [3.8, 4) is 0 Å². The molecule has 0 saturated heterocycles. The number of carbonyl (C=O) groups is 1. The van der Waals surface area contributed by atoms with Crippen LogP contribution in [0.2, 0.25) is 0 Å². The second-order valence-corrected chi connectivity index (χ2v) is 5.34. The number of carbonyl (C=O) groups excluding carboxylic acids is 1. The van der Waals surface area contributed by atoms with Crippen molar-refractivity contribution < 1.29 is 4.79 Å². The summed E-state index contributed by atoms with van der Waals surface area (Å²) < 4.78 is 0. The predicted molar refractivity (Wildman–Crippen MR) is 83.6 cm³/mol. The maximum absolute atomic E-state index is 12.2. The highest BCUT2D eigenvalue weighted by molar-refractivity contribution is 6.30. The van der Waals surface area contributed by atoms with Gasteiger partial charge in [-0.25, -0.2) is 4.79 Å². The van der Waals surface area contributed by atoms with Crippen molar-refractivity contribution in [3.63, 3.8) is 0 Å². The normalized spacial score (nSPS) is 18.1. The minimum Gasteiger partial charge on any atom is -0.313 e. The number of amides is 2. The summed E-state index contributed by atoms with van der Waals surface area (Å²) in [5.41, 5.74) is 2.07. The lowest BCUT2D eigenvalue weighted by atomic mass is 10.0. The molecule has 0 bridgehead atoms. The monoisotopic (exact) mass is 298 g/mol. The Morgan fingerprint density at radius 1 is 1.00 bits per heavy atom. The molecule has 4 heteroatoms. The van der Waals surface area contributed by atoms with Gasteiger partial charge in [0.25, 0.3) is 0 Å². The Hall–Kier alpha value is -2.26. The quantitative estimate of drug-likeness (QED) is 0.911. The Bertz CT molecular complexity index is 655. The van der Waals surface area contributed by atoms with Crippen LogP contribution in [0.1, 0.15) is 17.2 Å². The second-order valence-electron chi connectivity index (χ2n) is 4.91. The van der Waals surface area contributed by atoms with Crippen LogP contribution >= 0.6 is 11.6 Å². The van der Waals surface area contributed by atoms with Crippen molar-refractivity contribution in [1.29, 1.82) is 0 Å². The van der Waals surface area contributed by atoms with E-state index in [0.29, 0.717) is 11.6 Å². The van der Waals surface area contributed by atoms with Crippen molar-refractivity contribution in [2.45, 2.75) is 12.6 Å². The maximum Gasteiger partial charge on any atom is 0.322 e. The molecule has 0 aromatic heterocycles. The minimum absolute atomic E-state index is 0.142. The van der Waals surface area contributed by atoms with E-state index in [9.17, 15) is 4.79 Å². The zero-order valence-corrected chi connectivity index (χ0v) is 12.1. The topological polar surface area (TPSA) is 32.3 Å². The number of hydrogen-bond acceptors (Lipinski definition) is 1. The van der Waals surface area contributed by atoms with E-state index >= 15 is 0 Å². The van der Waals surface area contributed by atoms with E-state index < -0.39 is 0 Å². The van der Waals surface area contributed by atoms with Crippen LogP contribution in [0.25, 0.3) is 0 Å². The third kappa shape index (κ3) is 2.93. The predicted octanol–water partition coefficient (Wildman–Crippen LogP) is 4.03. The van der Waals surface area contributed by atoms with Crippen LogP contribution in [0.5, 0.6) is 0 Å². The van der Waals surface area contributed by atoms with E-state index in [-0.39, 0.29) is 12.1 Å². The van der Waals surface area contributed by atoms with Crippen LogP contribution in [0.4, 0.5) is 4.79 Å². The van der Waals surface area contributed by atoms with Gasteiger partial charge in [-0.3, -0.25) is 0 Å². The fourth-order valence-electron chi connectivity index (χ4n) is 2.48. The highest BCUT2D eigenvalue weighted by Crippen LogP contribution is 2.34. The number of benzene rings is 2. The Kier molecular flexibility index (Phi) is 3.93. The first kappa shape index (κ1) is 13.7. The molecule has 1 N–H and O–H groups in total. The number of urea groups is 1. The summed E-state index contributed by atoms with van der Waals surface area (Å²) in [7, 11) is 0. The lowest BCUT2D eigenvalue weighted by Gasteiger charge is -2.34. The van der Waals surface area contributed by atoms with E-state index in [0.717, 1.165) is 11.1 Å². The lowest BCUT2D eigenvalue weighted by Crippen LogP contribution is -2.43. The average Bonchev–Trinajstić information content (AvgIpc) is 2.53. The Morgan fingerprint density at radius 2 is 1.62 bits per heavy atom. The number of hydrogen-bond donors (Lipinski definition) is 1. The SMILES string of the molecule is O=C1NC=C(Cl)C(c2ccccc2)N1Cc1ccccc1. The summed E-state index contributed by atoms with van der Waals surface area (Å²) in [5, 5.41) is 3.30. The van der Waals surface area contributed by atoms with Gasteiger partial charge in [-0.2, -0.15) is 0 Å². The fraction of sp³-hybridized carbons (Fsp3) is 0.118. The summed E-state index contributed by atoms with van der Waals surface area (Å²) in [5.74, 6) is 0. The average molecular weight is 299 g/mol. The van der Waals surface area contributed by atoms with Gasteiger partial charge in [0.15, 0.2) is 0 Å². The first-order valence-electron chi connectivity index (χ1n) is 6.77. The number of halogens is 1. The van der Waals surface area contributed by atoms with Gasteiger partial charge in [0.2, 0.25) is 0 Å². The molecule has 2 aromatic carbocycles. The molecule has 1 atom stereocenters. The molecule has 106 valence electrons. The molecule has 1 unspecified atom stereocenters. The number of nitrogens with zero attached hydrogens (tertiary/aromatic N) is 1. The molecular formula is C17H15ClN2O. The van der Waals surface area contributed by atoms with Crippen LogP contribution in [0.15, 0.2) is 71.9 Å². The fourth-order valence-corrected chi connectivity index (χ4v) is 2.77. The molecule has 1 aliphatic heterocycles. The molecule has 3 rings (SSSR count). The van der Waals surface area contributed by atoms with Crippen LogP contribution < -0.4 is 5.32 Å². The summed E-state index contributed by atoms with van der Waals surface area (Å²) in [6.45, 7) is 0.510. The molecular weight excluding hydrogens is 284 g/mol. The van der Waals surface area contributed by atoms with Crippen molar-refractivity contribution in [2.75, 3.05) is 0 Å².